The van der Waals surface area contributed by atoms with Crippen molar-refractivity contribution < 1.29 is 28.7 Å². The Morgan fingerprint density at radius 1 is 0.935 bits per heavy atom. The van der Waals surface area contributed by atoms with Gasteiger partial charge in [0, 0.05) is 4.92 Å². The molecule has 31 heavy (non-hydrogen) atoms. The van der Waals surface area contributed by atoms with Crippen molar-refractivity contribution in [3.8, 4) is 11.5 Å². The van der Waals surface area contributed by atoms with Gasteiger partial charge in [0.1, 0.15) is 11.5 Å². The third-order valence-electron chi connectivity index (χ3n) is 4.68. The maximum absolute atomic E-state index is 12.5. The molecule has 0 saturated carbocycles. The van der Waals surface area contributed by atoms with Crippen molar-refractivity contribution in [1.29, 1.82) is 0 Å². The molecule has 166 valence electrons. The van der Waals surface area contributed by atoms with Gasteiger partial charge in [-0.3, -0.25) is 19.7 Å². The Bertz CT molecular complexity index is 877. The molecule has 8 heteroatoms. The normalized spacial score (nSPS) is 11.6. The molecule has 0 saturated heterocycles. The molecule has 2 aromatic carbocycles. The summed E-state index contributed by atoms with van der Waals surface area (Å²) in [6, 6.07) is 14.1. The van der Waals surface area contributed by atoms with Gasteiger partial charge in [0.25, 0.3) is 0 Å². The number of ether oxygens (including phenoxy) is 3. The SMILES string of the molecule is CCOC(=O)C(C(=O)OCC)[C@@H](C[N+](=O)[O-])c1cccc(Oc2ccc(CC)cc2)c1. The van der Waals surface area contributed by atoms with Crippen molar-refractivity contribution >= 4 is 11.9 Å². The second-order valence-electron chi connectivity index (χ2n) is 6.78. The van der Waals surface area contributed by atoms with E-state index < -0.39 is 35.2 Å². The first-order chi connectivity index (χ1) is 14.9. The zero-order valence-electron chi connectivity index (χ0n) is 17.9. The Morgan fingerprint density at radius 2 is 1.55 bits per heavy atom. The number of rotatable bonds is 11. The van der Waals surface area contributed by atoms with E-state index in [4.69, 9.17) is 14.2 Å². The quantitative estimate of drug-likeness (QED) is 0.229. The second-order valence-corrected chi connectivity index (χ2v) is 6.78. The van der Waals surface area contributed by atoms with E-state index in [0.29, 0.717) is 17.1 Å². The molecule has 0 aliphatic heterocycles. The lowest BCUT2D eigenvalue weighted by atomic mass is 9.85. The summed E-state index contributed by atoms with van der Waals surface area (Å²) >= 11 is 0. The van der Waals surface area contributed by atoms with E-state index in [1.54, 1.807) is 38.1 Å². The van der Waals surface area contributed by atoms with E-state index in [-0.39, 0.29) is 13.2 Å². The molecule has 0 fully saturated rings. The number of esters is 2. The highest BCUT2D eigenvalue weighted by Gasteiger charge is 2.41. The molecule has 0 aliphatic carbocycles. The van der Waals surface area contributed by atoms with Crippen molar-refractivity contribution in [1.82, 2.24) is 0 Å². The molecule has 2 rings (SSSR count). The lowest BCUT2D eigenvalue weighted by molar-refractivity contribution is -0.484. The number of benzene rings is 2. The molecular weight excluding hydrogens is 402 g/mol. The summed E-state index contributed by atoms with van der Waals surface area (Å²) in [7, 11) is 0. The largest absolute Gasteiger partial charge is 0.465 e. The zero-order chi connectivity index (χ0) is 22.8. The first-order valence-corrected chi connectivity index (χ1v) is 10.2. The van der Waals surface area contributed by atoms with Crippen LogP contribution >= 0.6 is 0 Å². The molecule has 0 unspecified atom stereocenters. The number of aryl methyl sites for hydroxylation is 1. The molecular formula is C23H27NO7. The van der Waals surface area contributed by atoms with Crippen molar-refractivity contribution in [2.45, 2.75) is 33.1 Å². The average Bonchev–Trinajstić information content (AvgIpc) is 2.74. The number of hydrogen-bond acceptors (Lipinski definition) is 7. The van der Waals surface area contributed by atoms with Crippen LogP contribution in [0, 0.1) is 16.0 Å². The van der Waals surface area contributed by atoms with Gasteiger partial charge in [-0.2, -0.15) is 0 Å². The van der Waals surface area contributed by atoms with Crippen LogP contribution in [-0.4, -0.2) is 36.6 Å². The molecule has 0 radical (unpaired) electrons. The van der Waals surface area contributed by atoms with E-state index in [9.17, 15) is 19.7 Å². The van der Waals surface area contributed by atoms with E-state index in [1.807, 2.05) is 24.3 Å². The second kappa shape index (κ2) is 11.7. The van der Waals surface area contributed by atoms with E-state index in [1.165, 1.54) is 5.56 Å². The van der Waals surface area contributed by atoms with Crippen LogP contribution in [0.15, 0.2) is 48.5 Å². The smallest absolute Gasteiger partial charge is 0.321 e. The first-order valence-electron chi connectivity index (χ1n) is 10.2. The third-order valence-corrected chi connectivity index (χ3v) is 4.68. The molecule has 2 aromatic rings. The summed E-state index contributed by atoms with van der Waals surface area (Å²) in [5, 5.41) is 11.4. The standard InChI is InChI=1S/C23H27NO7/c1-4-16-10-12-18(13-11-16)31-19-9-7-8-17(14-19)20(15-24(27)28)21(22(25)29-5-2)23(26)30-6-3/h7-14,20-21H,4-6,15H2,1-3H3/t20-/m0/s1. The topological polar surface area (TPSA) is 105 Å². The number of hydrogen-bond donors (Lipinski definition) is 0. The highest BCUT2D eigenvalue weighted by Crippen LogP contribution is 2.31. The lowest BCUT2D eigenvalue weighted by Gasteiger charge is -2.22. The molecule has 0 amide bonds. The predicted octanol–water partition coefficient (Wildman–Crippen LogP) is 4.14. The van der Waals surface area contributed by atoms with Gasteiger partial charge in [0.2, 0.25) is 6.54 Å². The Balaban J connectivity index is 2.38. The Labute approximate surface area is 181 Å². The number of nitrogens with zero attached hydrogens (tertiary/aromatic N) is 1. The van der Waals surface area contributed by atoms with E-state index in [0.717, 1.165) is 6.42 Å². The summed E-state index contributed by atoms with van der Waals surface area (Å²) < 4.78 is 15.9. The van der Waals surface area contributed by atoms with E-state index in [2.05, 4.69) is 6.92 Å². The van der Waals surface area contributed by atoms with Crippen molar-refractivity contribution in [3.63, 3.8) is 0 Å². The number of carbonyl (C=O) groups is 2. The van der Waals surface area contributed by atoms with E-state index >= 15 is 0 Å². The minimum atomic E-state index is -1.45. The van der Waals surface area contributed by atoms with Crippen molar-refractivity contribution in [3.05, 3.63) is 69.8 Å². The van der Waals surface area contributed by atoms with Gasteiger partial charge in [0.15, 0.2) is 5.92 Å². The van der Waals surface area contributed by atoms with Gasteiger partial charge in [0.05, 0.1) is 19.1 Å². The summed E-state index contributed by atoms with van der Waals surface area (Å²) in [6.07, 6.45) is 0.904. The molecule has 0 bridgehead atoms. The zero-order valence-corrected chi connectivity index (χ0v) is 17.9. The minimum Gasteiger partial charge on any atom is -0.465 e. The molecule has 0 spiro atoms. The fraction of sp³-hybridized carbons (Fsp3) is 0.391. The highest BCUT2D eigenvalue weighted by molar-refractivity contribution is 5.96. The third kappa shape index (κ3) is 6.80. The van der Waals surface area contributed by atoms with Gasteiger partial charge < -0.3 is 14.2 Å². The molecule has 8 nitrogen and oxygen atoms in total. The Morgan fingerprint density at radius 3 is 2.06 bits per heavy atom. The molecule has 0 aliphatic rings. The number of carbonyl (C=O) groups excluding carboxylic acids is 2. The van der Waals surface area contributed by atoms with Crippen LogP contribution in [0.2, 0.25) is 0 Å². The van der Waals surface area contributed by atoms with Gasteiger partial charge in [-0.25, -0.2) is 0 Å². The maximum Gasteiger partial charge on any atom is 0.321 e. The van der Waals surface area contributed by atoms with Crippen molar-refractivity contribution in [2.24, 2.45) is 5.92 Å². The van der Waals surface area contributed by atoms with Crippen LogP contribution in [0.4, 0.5) is 0 Å². The van der Waals surface area contributed by atoms with Crippen molar-refractivity contribution in [2.75, 3.05) is 19.8 Å². The summed E-state index contributed by atoms with van der Waals surface area (Å²) in [5.74, 6) is -3.19. The highest BCUT2D eigenvalue weighted by atomic mass is 16.6. The molecule has 0 heterocycles. The van der Waals surface area contributed by atoms with Gasteiger partial charge in [-0.1, -0.05) is 31.2 Å². The van der Waals surface area contributed by atoms with Crippen LogP contribution in [0.5, 0.6) is 11.5 Å². The summed E-state index contributed by atoms with van der Waals surface area (Å²) in [5.41, 5.74) is 1.57. The van der Waals surface area contributed by atoms with Gasteiger partial charge in [-0.15, -0.1) is 0 Å². The summed E-state index contributed by atoms with van der Waals surface area (Å²) in [4.78, 5) is 35.8. The minimum absolute atomic E-state index is 0.0385. The molecule has 1 atom stereocenters. The van der Waals surface area contributed by atoms with Crippen LogP contribution in [0.1, 0.15) is 37.8 Å². The average molecular weight is 429 g/mol. The molecule has 0 N–H and O–H groups in total. The summed E-state index contributed by atoms with van der Waals surface area (Å²) in [6.45, 7) is 4.69. The Hall–Kier alpha value is -3.42. The van der Waals surface area contributed by atoms with Crippen LogP contribution < -0.4 is 4.74 Å². The van der Waals surface area contributed by atoms with Crippen LogP contribution in [-0.2, 0) is 25.5 Å². The fourth-order valence-electron chi connectivity index (χ4n) is 3.19. The van der Waals surface area contributed by atoms with Crippen LogP contribution in [0.25, 0.3) is 0 Å². The predicted molar refractivity (Wildman–Crippen MR) is 114 cm³/mol. The lowest BCUT2D eigenvalue weighted by Crippen LogP contribution is -2.36. The van der Waals surface area contributed by atoms with Gasteiger partial charge in [-0.05, 0) is 55.7 Å². The maximum atomic E-state index is 12.5. The fourth-order valence-corrected chi connectivity index (χ4v) is 3.19. The monoisotopic (exact) mass is 429 g/mol. The molecule has 0 aromatic heterocycles. The Kier molecular flexibility index (Phi) is 8.99. The van der Waals surface area contributed by atoms with Crippen LogP contribution in [0.3, 0.4) is 0 Å². The number of nitro groups is 1. The van der Waals surface area contributed by atoms with Gasteiger partial charge >= 0.3 is 11.9 Å². The first kappa shape index (κ1) is 23.9.